The molecule has 5 nitrogen and oxygen atoms in total. The first-order valence-corrected chi connectivity index (χ1v) is 5.89. The monoisotopic (exact) mass is 219 g/mol. The second kappa shape index (κ2) is 3.99. The maximum absolute atomic E-state index is 4.47. The lowest BCUT2D eigenvalue weighted by Gasteiger charge is -2.25. The molecule has 1 fully saturated rings. The number of hydrogen-bond donors (Lipinski definition) is 3. The van der Waals surface area contributed by atoms with Gasteiger partial charge in [0.15, 0.2) is 0 Å². The average molecular weight is 219 g/mol. The first-order chi connectivity index (χ1) is 7.86. The maximum Gasteiger partial charge on any atom is 0.133 e. The van der Waals surface area contributed by atoms with Gasteiger partial charge in [-0.1, -0.05) is 6.92 Å². The van der Waals surface area contributed by atoms with Gasteiger partial charge < -0.3 is 16.0 Å². The normalized spacial score (nSPS) is 28.6. The van der Waals surface area contributed by atoms with E-state index in [1.54, 1.807) is 6.33 Å². The fraction of sp³-hybridized carbons (Fsp3) is 0.636. The largest absolute Gasteiger partial charge is 0.369 e. The van der Waals surface area contributed by atoms with Gasteiger partial charge >= 0.3 is 0 Å². The zero-order valence-corrected chi connectivity index (χ0v) is 9.45. The Kier molecular flexibility index (Phi) is 2.49. The minimum Gasteiger partial charge on any atom is -0.369 e. The van der Waals surface area contributed by atoms with E-state index in [9.17, 15) is 0 Å². The first kappa shape index (κ1) is 9.99. The van der Waals surface area contributed by atoms with Gasteiger partial charge in [0.25, 0.3) is 0 Å². The molecule has 3 N–H and O–H groups in total. The summed E-state index contributed by atoms with van der Waals surface area (Å²) in [5.41, 5.74) is 2.46. The van der Waals surface area contributed by atoms with E-state index in [1.165, 1.54) is 5.56 Å². The Bertz CT molecular complexity index is 386. The smallest absolute Gasteiger partial charge is 0.133 e. The number of anilines is 1. The molecule has 1 aromatic heterocycles. The molecule has 2 atom stereocenters. The fourth-order valence-corrected chi connectivity index (χ4v) is 2.51. The lowest BCUT2D eigenvalue weighted by Crippen LogP contribution is -2.43. The van der Waals surface area contributed by atoms with Crippen molar-refractivity contribution < 1.29 is 0 Å². The number of nitrogens with one attached hydrogen (secondary N) is 3. The molecule has 2 aliphatic rings. The fourth-order valence-electron chi connectivity index (χ4n) is 2.51. The molecule has 1 saturated heterocycles. The van der Waals surface area contributed by atoms with Crippen molar-refractivity contribution in [3.05, 3.63) is 17.6 Å². The van der Waals surface area contributed by atoms with Crippen molar-refractivity contribution in [1.82, 2.24) is 20.6 Å². The highest BCUT2D eigenvalue weighted by atomic mass is 15.1. The van der Waals surface area contributed by atoms with Crippen molar-refractivity contribution in [2.45, 2.75) is 18.9 Å². The third-order valence-electron chi connectivity index (χ3n) is 3.35. The number of rotatable bonds is 1. The van der Waals surface area contributed by atoms with Crippen LogP contribution in [0.3, 0.4) is 0 Å². The molecule has 16 heavy (non-hydrogen) atoms. The zero-order valence-electron chi connectivity index (χ0n) is 9.45. The Morgan fingerprint density at radius 1 is 1.25 bits per heavy atom. The minimum atomic E-state index is 0.327. The Morgan fingerprint density at radius 2 is 2.19 bits per heavy atom. The van der Waals surface area contributed by atoms with Gasteiger partial charge in [-0.25, -0.2) is 9.97 Å². The average Bonchev–Trinajstić information content (AvgIpc) is 2.73. The first-order valence-electron chi connectivity index (χ1n) is 5.89. The molecule has 0 aromatic carbocycles. The van der Waals surface area contributed by atoms with Gasteiger partial charge in [0.1, 0.15) is 12.1 Å². The van der Waals surface area contributed by atoms with Crippen LogP contribution >= 0.6 is 0 Å². The predicted molar refractivity (Wildman–Crippen MR) is 62.6 cm³/mol. The van der Waals surface area contributed by atoms with E-state index in [0.29, 0.717) is 12.0 Å². The summed E-state index contributed by atoms with van der Waals surface area (Å²) >= 11 is 0. The summed E-state index contributed by atoms with van der Waals surface area (Å²) in [6.07, 6.45) is 1.66. The van der Waals surface area contributed by atoms with Crippen molar-refractivity contribution >= 4 is 5.82 Å². The van der Waals surface area contributed by atoms with Gasteiger partial charge in [-0.3, -0.25) is 0 Å². The van der Waals surface area contributed by atoms with Crippen molar-refractivity contribution in [2.24, 2.45) is 0 Å². The van der Waals surface area contributed by atoms with Crippen molar-refractivity contribution in [3.8, 4) is 0 Å². The van der Waals surface area contributed by atoms with Crippen LogP contribution in [0, 0.1) is 0 Å². The van der Waals surface area contributed by atoms with Crippen molar-refractivity contribution in [1.29, 1.82) is 0 Å². The highest BCUT2D eigenvalue weighted by molar-refractivity contribution is 5.54. The van der Waals surface area contributed by atoms with Crippen LogP contribution in [0.15, 0.2) is 6.33 Å². The summed E-state index contributed by atoms with van der Waals surface area (Å²) < 4.78 is 0. The Hall–Kier alpha value is -1.20. The molecular weight excluding hydrogens is 202 g/mol. The highest BCUT2D eigenvalue weighted by Crippen LogP contribution is 2.33. The second-order valence-electron chi connectivity index (χ2n) is 4.51. The summed E-state index contributed by atoms with van der Waals surface area (Å²) in [5, 5.41) is 10.2. The molecule has 2 aliphatic heterocycles. The van der Waals surface area contributed by atoms with Crippen LogP contribution in [0.2, 0.25) is 0 Å². The molecule has 0 saturated carbocycles. The summed E-state index contributed by atoms with van der Waals surface area (Å²) in [6.45, 7) is 6.20. The van der Waals surface area contributed by atoms with Crippen LogP contribution in [0.4, 0.5) is 5.82 Å². The van der Waals surface area contributed by atoms with Crippen molar-refractivity contribution in [3.63, 3.8) is 0 Å². The minimum absolute atomic E-state index is 0.327. The molecule has 0 spiro atoms. The van der Waals surface area contributed by atoms with Gasteiger partial charge in [0.2, 0.25) is 0 Å². The van der Waals surface area contributed by atoms with Crippen LogP contribution in [0.25, 0.3) is 0 Å². The summed E-state index contributed by atoms with van der Waals surface area (Å²) in [5.74, 6) is 1.53. The van der Waals surface area contributed by atoms with Crippen LogP contribution in [-0.2, 0) is 0 Å². The molecule has 3 heterocycles. The number of piperazine rings is 1. The molecular formula is C11H17N5. The molecule has 86 valence electrons. The molecule has 1 aromatic rings. The van der Waals surface area contributed by atoms with E-state index in [4.69, 9.17) is 0 Å². The van der Waals surface area contributed by atoms with Gasteiger partial charge in [-0.05, 0) is 0 Å². The zero-order chi connectivity index (χ0) is 11.0. The second-order valence-corrected chi connectivity index (χ2v) is 4.51. The van der Waals surface area contributed by atoms with Gasteiger partial charge in [0, 0.05) is 37.7 Å². The topological polar surface area (TPSA) is 61.9 Å². The SMILES string of the molecule is CC1CNc2ncnc(C3CNCCN3)c21. The van der Waals surface area contributed by atoms with E-state index < -0.39 is 0 Å². The van der Waals surface area contributed by atoms with E-state index in [-0.39, 0.29) is 0 Å². The third kappa shape index (κ3) is 1.56. The Balaban J connectivity index is 1.97. The number of fused-ring (bicyclic) bond motifs is 1. The van der Waals surface area contributed by atoms with Gasteiger partial charge in [0.05, 0.1) is 11.7 Å². The van der Waals surface area contributed by atoms with E-state index in [0.717, 1.165) is 37.7 Å². The lowest BCUT2D eigenvalue weighted by atomic mass is 9.98. The molecule has 5 heteroatoms. The van der Waals surface area contributed by atoms with Crippen LogP contribution < -0.4 is 16.0 Å². The summed E-state index contributed by atoms with van der Waals surface area (Å²) in [7, 11) is 0. The summed E-state index contributed by atoms with van der Waals surface area (Å²) in [4.78, 5) is 8.77. The van der Waals surface area contributed by atoms with Crippen LogP contribution in [0.5, 0.6) is 0 Å². The van der Waals surface area contributed by atoms with Crippen LogP contribution in [-0.4, -0.2) is 36.1 Å². The quantitative estimate of drug-likeness (QED) is 0.631. The van der Waals surface area contributed by atoms with E-state index >= 15 is 0 Å². The number of nitrogens with zero attached hydrogens (tertiary/aromatic N) is 2. The molecule has 2 unspecified atom stereocenters. The van der Waals surface area contributed by atoms with Gasteiger partial charge in [-0.15, -0.1) is 0 Å². The lowest BCUT2D eigenvalue weighted by molar-refractivity contribution is 0.420. The van der Waals surface area contributed by atoms with Gasteiger partial charge in [-0.2, -0.15) is 0 Å². The predicted octanol–water partition coefficient (Wildman–Crippen LogP) is 0.240. The van der Waals surface area contributed by atoms with Crippen molar-refractivity contribution in [2.75, 3.05) is 31.5 Å². The standard InChI is InChI=1S/C11H17N5/c1-7-4-14-11-9(7)10(15-6-16-11)8-5-12-2-3-13-8/h6-8,12-13H,2-5H2,1H3,(H,14,15,16). The maximum atomic E-state index is 4.47. The number of aromatic nitrogens is 2. The molecule has 0 radical (unpaired) electrons. The summed E-state index contributed by atoms with van der Waals surface area (Å²) in [6, 6.07) is 0.327. The molecule has 0 aliphatic carbocycles. The van der Waals surface area contributed by atoms with Crippen LogP contribution in [0.1, 0.15) is 30.1 Å². The third-order valence-corrected chi connectivity index (χ3v) is 3.35. The molecule has 0 bridgehead atoms. The van der Waals surface area contributed by atoms with E-state index in [2.05, 4.69) is 32.8 Å². The Labute approximate surface area is 95.1 Å². The highest BCUT2D eigenvalue weighted by Gasteiger charge is 2.28. The Morgan fingerprint density at radius 3 is 3.00 bits per heavy atom. The van der Waals surface area contributed by atoms with E-state index in [1.807, 2.05) is 0 Å². The molecule has 3 rings (SSSR count). The molecule has 0 amide bonds. The number of hydrogen-bond acceptors (Lipinski definition) is 5.